The minimum atomic E-state index is -0.419. The summed E-state index contributed by atoms with van der Waals surface area (Å²) in [4.78, 5) is 10.8. The van der Waals surface area contributed by atoms with Crippen molar-refractivity contribution in [2.45, 2.75) is 13.3 Å². The summed E-state index contributed by atoms with van der Waals surface area (Å²) < 4.78 is 9.65. The molecule has 0 amide bonds. The van der Waals surface area contributed by atoms with Crippen molar-refractivity contribution < 1.29 is 19.5 Å². The van der Waals surface area contributed by atoms with Crippen LogP contribution in [0, 0.1) is 0 Å². The molecular formula is C12H15NO4. The molecule has 0 aromatic heterocycles. The van der Waals surface area contributed by atoms with E-state index in [-0.39, 0.29) is 6.61 Å². The van der Waals surface area contributed by atoms with Gasteiger partial charge in [-0.15, -0.1) is 0 Å². The molecule has 0 aliphatic rings. The van der Waals surface area contributed by atoms with E-state index >= 15 is 0 Å². The van der Waals surface area contributed by atoms with Crippen LogP contribution in [0.2, 0.25) is 0 Å². The van der Waals surface area contributed by atoms with Gasteiger partial charge in [0.2, 0.25) is 0 Å². The highest BCUT2D eigenvalue weighted by Gasteiger charge is 2.02. The first-order valence-corrected chi connectivity index (χ1v) is 5.11. The summed E-state index contributed by atoms with van der Waals surface area (Å²) in [6, 6.07) is 7.20. The molecule has 0 spiro atoms. The van der Waals surface area contributed by atoms with Crippen molar-refractivity contribution in [3.8, 4) is 5.75 Å². The van der Waals surface area contributed by atoms with Gasteiger partial charge in [0.1, 0.15) is 5.75 Å². The molecule has 0 atom stereocenters. The molecule has 5 nitrogen and oxygen atoms in total. The van der Waals surface area contributed by atoms with Crippen molar-refractivity contribution in [2.24, 2.45) is 5.16 Å². The topological polar surface area (TPSA) is 68.1 Å². The van der Waals surface area contributed by atoms with Gasteiger partial charge in [0.25, 0.3) is 0 Å². The molecule has 1 rings (SSSR count). The van der Waals surface area contributed by atoms with Crippen LogP contribution >= 0.6 is 0 Å². The second-order valence-electron chi connectivity index (χ2n) is 3.52. The minimum Gasteiger partial charge on any atom is -0.482 e. The molecule has 0 aliphatic heterocycles. The number of hydrogen-bond donors (Lipinski definition) is 1. The van der Waals surface area contributed by atoms with Crippen LogP contribution in [0.4, 0.5) is 0 Å². The Morgan fingerprint density at radius 2 is 2.00 bits per heavy atom. The number of carbonyl (C=O) groups excluding carboxylic acids is 1. The Hall–Kier alpha value is -2.04. The van der Waals surface area contributed by atoms with Gasteiger partial charge >= 0.3 is 5.97 Å². The molecule has 0 fully saturated rings. The Labute approximate surface area is 99.7 Å². The quantitative estimate of drug-likeness (QED) is 0.366. The van der Waals surface area contributed by atoms with Crippen molar-refractivity contribution >= 4 is 11.7 Å². The first kappa shape index (κ1) is 13.0. The summed E-state index contributed by atoms with van der Waals surface area (Å²) in [5, 5.41) is 11.6. The summed E-state index contributed by atoms with van der Waals surface area (Å²) in [5.41, 5.74) is 1.64. The maximum absolute atomic E-state index is 10.8. The van der Waals surface area contributed by atoms with E-state index in [0.717, 1.165) is 5.56 Å². The fraction of sp³-hybridized carbons (Fsp3) is 0.333. The number of carbonyl (C=O) groups is 1. The van der Waals surface area contributed by atoms with E-state index in [2.05, 4.69) is 9.89 Å². The number of ether oxygens (including phenoxy) is 2. The highest BCUT2D eigenvalue weighted by Crippen LogP contribution is 2.12. The van der Waals surface area contributed by atoms with Crippen LogP contribution in [0.25, 0.3) is 0 Å². The molecule has 0 aliphatic carbocycles. The van der Waals surface area contributed by atoms with Crippen molar-refractivity contribution in [3.63, 3.8) is 0 Å². The van der Waals surface area contributed by atoms with Crippen LogP contribution < -0.4 is 4.74 Å². The zero-order valence-electron chi connectivity index (χ0n) is 9.84. The molecule has 5 heteroatoms. The molecule has 0 unspecified atom stereocenters. The monoisotopic (exact) mass is 237 g/mol. The lowest BCUT2D eigenvalue weighted by molar-refractivity contribution is -0.142. The Morgan fingerprint density at radius 3 is 2.53 bits per heavy atom. The van der Waals surface area contributed by atoms with E-state index < -0.39 is 5.97 Å². The molecular weight excluding hydrogens is 222 g/mol. The molecule has 17 heavy (non-hydrogen) atoms. The van der Waals surface area contributed by atoms with E-state index in [1.807, 2.05) is 12.1 Å². The first-order valence-electron chi connectivity index (χ1n) is 5.11. The standard InChI is InChI=1S/C12H15NO4/c1-9(13-15)7-10-3-5-11(6-4-10)17-8-12(14)16-2/h3-6,15H,7-8H2,1-2H3/b13-9+. The van der Waals surface area contributed by atoms with Crippen molar-refractivity contribution in [1.29, 1.82) is 0 Å². The Morgan fingerprint density at radius 1 is 1.35 bits per heavy atom. The van der Waals surface area contributed by atoms with Crippen LogP contribution in [0.5, 0.6) is 5.75 Å². The highest BCUT2D eigenvalue weighted by molar-refractivity contribution is 5.83. The molecule has 0 radical (unpaired) electrons. The van der Waals surface area contributed by atoms with Gasteiger partial charge in [0, 0.05) is 6.42 Å². The summed E-state index contributed by atoms with van der Waals surface area (Å²) in [7, 11) is 1.31. The predicted molar refractivity (Wildman–Crippen MR) is 62.6 cm³/mol. The molecule has 0 saturated carbocycles. The van der Waals surface area contributed by atoms with Crippen LogP contribution in [0.1, 0.15) is 12.5 Å². The van der Waals surface area contributed by atoms with E-state index in [4.69, 9.17) is 9.94 Å². The smallest absolute Gasteiger partial charge is 0.343 e. The van der Waals surface area contributed by atoms with Gasteiger partial charge in [-0.25, -0.2) is 4.79 Å². The SMILES string of the molecule is COC(=O)COc1ccc(C/C(C)=N/O)cc1. The van der Waals surface area contributed by atoms with Crippen LogP contribution in [0.3, 0.4) is 0 Å². The zero-order valence-corrected chi connectivity index (χ0v) is 9.84. The number of methoxy groups -OCH3 is 1. The number of hydrogen-bond acceptors (Lipinski definition) is 5. The molecule has 0 heterocycles. The molecule has 1 N–H and O–H groups in total. The summed E-state index contributed by atoms with van der Waals surface area (Å²) in [5.74, 6) is 0.176. The van der Waals surface area contributed by atoms with Gasteiger partial charge < -0.3 is 14.7 Å². The van der Waals surface area contributed by atoms with E-state index in [0.29, 0.717) is 17.9 Å². The van der Waals surface area contributed by atoms with Crippen LogP contribution in [-0.4, -0.2) is 30.6 Å². The third kappa shape index (κ3) is 4.55. The second-order valence-corrected chi connectivity index (χ2v) is 3.52. The fourth-order valence-electron chi connectivity index (χ4n) is 1.24. The number of benzene rings is 1. The molecule has 1 aromatic rings. The zero-order chi connectivity index (χ0) is 12.7. The predicted octanol–water partition coefficient (Wildman–Crippen LogP) is 1.63. The van der Waals surface area contributed by atoms with Gasteiger partial charge in [-0.05, 0) is 24.6 Å². The molecule has 0 saturated heterocycles. The lowest BCUT2D eigenvalue weighted by atomic mass is 10.1. The minimum absolute atomic E-state index is 0.104. The summed E-state index contributed by atoms with van der Waals surface area (Å²) in [6.45, 7) is 1.63. The third-order valence-corrected chi connectivity index (χ3v) is 2.14. The van der Waals surface area contributed by atoms with Gasteiger partial charge in [-0.1, -0.05) is 17.3 Å². The number of nitrogens with zero attached hydrogens (tertiary/aromatic N) is 1. The Bertz CT molecular complexity index is 397. The maximum atomic E-state index is 10.8. The average Bonchev–Trinajstić information content (AvgIpc) is 2.37. The molecule has 1 aromatic carbocycles. The number of rotatable bonds is 5. The van der Waals surface area contributed by atoms with Crippen molar-refractivity contribution in [1.82, 2.24) is 0 Å². The van der Waals surface area contributed by atoms with Gasteiger partial charge in [0.05, 0.1) is 12.8 Å². The first-order chi connectivity index (χ1) is 8.15. The third-order valence-electron chi connectivity index (χ3n) is 2.14. The van der Waals surface area contributed by atoms with Gasteiger partial charge in [-0.3, -0.25) is 0 Å². The Kier molecular flexibility index (Phi) is 5.00. The number of oxime groups is 1. The van der Waals surface area contributed by atoms with Crippen LogP contribution in [-0.2, 0) is 16.0 Å². The number of esters is 1. The Balaban J connectivity index is 2.53. The summed E-state index contributed by atoms with van der Waals surface area (Å²) in [6.07, 6.45) is 0.577. The van der Waals surface area contributed by atoms with Crippen molar-refractivity contribution in [3.05, 3.63) is 29.8 Å². The fourth-order valence-corrected chi connectivity index (χ4v) is 1.24. The van der Waals surface area contributed by atoms with E-state index in [9.17, 15) is 4.79 Å². The summed E-state index contributed by atoms with van der Waals surface area (Å²) >= 11 is 0. The maximum Gasteiger partial charge on any atom is 0.343 e. The van der Waals surface area contributed by atoms with Crippen molar-refractivity contribution in [2.75, 3.05) is 13.7 Å². The highest BCUT2D eigenvalue weighted by atomic mass is 16.6. The van der Waals surface area contributed by atoms with Gasteiger partial charge in [-0.2, -0.15) is 0 Å². The normalized spacial score (nSPS) is 11.1. The second kappa shape index (κ2) is 6.52. The molecule has 92 valence electrons. The molecule has 0 bridgehead atoms. The van der Waals surface area contributed by atoms with E-state index in [1.54, 1.807) is 19.1 Å². The average molecular weight is 237 g/mol. The largest absolute Gasteiger partial charge is 0.482 e. The van der Waals surface area contributed by atoms with E-state index in [1.165, 1.54) is 7.11 Å². The lowest BCUT2D eigenvalue weighted by Crippen LogP contribution is -2.12. The lowest BCUT2D eigenvalue weighted by Gasteiger charge is -2.05. The van der Waals surface area contributed by atoms with Crippen LogP contribution in [0.15, 0.2) is 29.4 Å². The van der Waals surface area contributed by atoms with Gasteiger partial charge in [0.15, 0.2) is 6.61 Å².